The van der Waals surface area contributed by atoms with Gasteiger partial charge in [0.25, 0.3) is 0 Å². The molecule has 0 N–H and O–H groups in total. The molecule has 0 amide bonds. The lowest BCUT2D eigenvalue weighted by atomic mass is 10.3. The van der Waals surface area contributed by atoms with Crippen molar-refractivity contribution >= 4 is 37.5 Å². The van der Waals surface area contributed by atoms with E-state index < -0.39 is 11.6 Å². The third-order valence-electron chi connectivity index (χ3n) is 2.51. The molecule has 0 spiro atoms. The fraction of sp³-hybridized carbons (Fsp3) is 0.400. The highest BCUT2D eigenvalue weighted by Gasteiger charge is 2.22. The zero-order valence-corrected chi connectivity index (χ0v) is 11.0. The summed E-state index contributed by atoms with van der Waals surface area (Å²) in [4.78, 5) is 2.05. The lowest BCUT2D eigenvalue weighted by Crippen LogP contribution is -2.19. The van der Waals surface area contributed by atoms with E-state index in [0.29, 0.717) is 10.2 Å². The summed E-state index contributed by atoms with van der Waals surface area (Å²) in [5.41, 5.74) is 0.714. The molecule has 0 aromatic heterocycles. The number of rotatable bonds is 1. The van der Waals surface area contributed by atoms with Crippen molar-refractivity contribution in [1.29, 1.82) is 0 Å². The monoisotopic (exact) mass is 339 g/mol. The summed E-state index contributed by atoms with van der Waals surface area (Å²) in [5, 5.41) is 0. The number of benzene rings is 1. The van der Waals surface area contributed by atoms with Gasteiger partial charge in [0.2, 0.25) is 0 Å². The molecule has 15 heavy (non-hydrogen) atoms. The first-order valence-electron chi connectivity index (χ1n) is 4.69. The van der Waals surface area contributed by atoms with Crippen LogP contribution in [0.2, 0.25) is 0 Å². The average molecular weight is 341 g/mol. The van der Waals surface area contributed by atoms with Crippen LogP contribution in [0.15, 0.2) is 15.0 Å². The van der Waals surface area contributed by atoms with Crippen molar-refractivity contribution in [2.75, 3.05) is 18.0 Å². The van der Waals surface area contributed by atoms with E-state index in [0.717, 1.165) is 25.9 Å². The number of anilines is 1. The molecule has 1 aromatic rings. The Hall–Kier alpha value is -0.160. The molecular formula is C10H9Br2F2N. The summed E-state index contributed by atoms with van der Waals surface area (Å²) >= 11 is 6.37. The van der Waals surface area contributed by atoms with Gasteiger partial charge in [-0.05, 0) is 50.8 Å². The number of hydrogen-bond donors (Lipinski definition) is 0. The lowest BCUT2D eigenvalue weighted by Gasteiger charge is -2.21. The molecule has 1 aromatic carbocycles. The molecule has 0 bridgehead atoms. The Morgan fingerprint density at radius 2 is 1.73 bits per heavy atom. The minimum Gasteiger partial charge on any atom is -0.370 e. The minimum atomic E-state index is -0.836. The lowest BCUT2D eigenvalue weighted by molar-refractivity contribution is 0.503. The van der Waals surface area contributed by atoms with Crippen LogP contribution in [0, 0.1) is 11.6 Å². The molecule has 2 rings (SSSR count). The maximum absolute atomic E-state index is 13.4. The van der Waals surface area contributed by atoms with Crippen LogP contribution in [0.1, 0.15) is 12.8 Å². The van der Waals surface area contributed by atoms with Crippen molar-refractivity contribution in [2.45, 2.75) is 12.8 Å². The smallest absolute Gasteiger partial charge is 0.175 e. The van der Waals surface area contributed by atoms with Gasteiger partial charge in [0.15, 0.2) is 11.6 Å². The van der Waals surface area contributed by atoms with Gasteiger partial charge in [0.05, 0.1) is 10.2 Å². The number of nitrogens with zero attached hydrogens (tertiary/aromatic N) is 1. The summed E-state index contributed by atoms with van der Waals surface area (Å²) < 4.78 is 27.2. The molecule has 0 saturated carbocycles. The van der Waals surface area contributed by atoms with Gasteiger partial charge in [-0.25, -0.2) is 8.78 Å². The van der Waals surface area contributed by atoms with Gasteiger partial charge in [0, 0.05) is 17.6 Å². The highest BCUT2D eigenvalue weighted by atomic mass is 79.9. The second-order valence-electron chi connectivity index (χ2n) is 3.51. The maximum Gasteiger partial charge on any atom is 0.175 e. The molecule has 5 heteroatoms. The molecule has 1 fully saturated rings. The quantitative estimate of drug-likeness (QED) is 0.549. The van der Waals surface area contributed by atoms with Crippen LogP contribution in [-0.2, 0) is 0 Å². The summed E-state index contributed by atoms with van der Waals surface area (Å²) in [6, 6.07) is 1.17. The predicted octanol–water partition coefficient (Wildman–Crippen LogP) is 4.09. The van der Waals surface area contributed by atoms with Gasteiger partial charge < -0.3 is 4.90 Å². The summed E-state index contributed by atoms with van der Waals surface area (Å²) in [6.07, 6.45) is 2.19. The Kier molecular flexibility index (Phi) is 3.30. The predicted molar refractivity (Wildman–Crippen MR) is 63.2 cm³/mol. The highest BCUT2D eigenvalue weighted by molar-refractivity contribution is 9.11. The maximum atomic E-state index is 13.4. The largest absolute Gasteiger partial charge is 0.370 e. The summed E-state index contributed by atoms with van der Waals surface area (Å²) in [5.74, 6) is -1.66. The van der Waals surface area contributed by atoms with Gasteiger partial charge >= 0.3 is 0 Å². The van der Waals surface area contributed by atoms with Crippen molar-refractivity contribution in [1.82, 2.24) is 0 Å². The molecule has 1 saturated heterocycles. The van der Waals surface area contributed by atoms with Gasteiger partial charge in [0.1, 0.15) is 0 Å². The Balaban J connectivity index is 2.50. The van der Waals surface area contributed by atoms with Crippen molar-refractivity contribution in [3.63, 3.8) is 0 Å². The van der Waals surface area contributed by atoms with E-state index in [2.05, 4.69) is 36.8 Å². The Bertz CT molecular complexity index is 389. The molecule has 82 valence electrons. The molecule has 1 aliphatic heterocycles. The molecule has 0 radical (unpaired) electrons. The van der Waals surface area contributed by atoms with Crippen LogP contribution >= 0.6 is 31.9 Å². The first-order chi connectivity index (χ1) is 7.11. The highest BCUT2D eigenvalue weighted by Crippen LogP contribution is 2.38. The third kappa shape index (κ3) is 2.04. The van der Waals surface area contributed by atoms with E-state index in [1.54, 1.807) is 0 Å². The van der Waals surface area contributed by atoms with Crippen molar-refractivity contribution in [3.05, 3.63) is 26.6 Å². The molecule has 0 atom stereocenters. The molecule has 1 aliphatic rings. The van der Waals surface area contributed by atoms with E-state index in [-0.39, 0.29) is 4.47 Å². The van der Waals surface area contributed by atoms with Crippen LogP contribution in [0.4, 0.5) is 14.5 Å². The van der Waals surface area contributed by atoms with Crippen LogP contribution in [0.3, 0.4) is 0 Å². The van der Waals surface area contributed by atoms with Crippen molar-refractivity contribution in [2.24, 2.45) is 0 Å². The third-order valence-corrected chi connectivity index (χ3v) is 3.84. The van der Waals surface area contributed by atoms with Crippen molar-refractivity contribution in [3.8, 4) is 0 Å². The van der Waals surface area contributed by atoms with E-state index in [1.165, 1.54) is 6.07 Å². The molecule has 1 heterocycles. The Labute approximate surface area is 104 Å². The van der Waals surface area contributed by atoms with E-state index in [4.69, 9.17) is 0 Å². The Morgan fingerprint density at radius 1 is 1.13 bits per heavy atom. The first-order valence-corrected chi connectivity index (χ1v) is 6.28. The average Bonchev–Trinajstić information content (AvgIpc) is 2.68. The number of hydrogen-bond acceptors (Lipinski definition) is 1. The topological polar surface area (TPSA) is 3.24 Å². The molecular weight excluding hydrogens is 332 g/mol. The van der Waals surface area contributed by atoms with Crippen LogP contribution in [0.25, 0.3) is 0 Å². The van der Waals surface area contributed by atoms with Gasteiger partial charge in [-0.3, -0.25) is 0 Å². The summed E-state index contributed by atoms with van der Waals surface area (Å²) in [6.45, 7) is 1.78. The van der Waals surface area contributed by atoms with Crippen LogP contribution in [-0.4, -0.2) is 13.1 Å². The van der Waals surface area contributed by atoms with Crippen molar-refractivity contribution < 1.29 is 8.78 Å². The molecule has 0 unspecified atom stereocenters. The van der Waals surface area contributed by atoms with Gasteiger partial charge in [-0.15, -0.1) is 0 Å². The summed E-state index contributed by atoms with van der Waals surface area (Å²) in [7, 11) is 0. The fourth-order valence-corrected chi connectivity index (χ4v) is 3.36. The SMILES string of the molecule is Fc1cc(Br)c(N2CCCC2)c(Br)c1F. The van der Waals surface area contributed by atoms with Crippen LogP contribution in [0.5, 0.6) is 0 Å². The van der Waals surface area contributed by atoms with Crippen LogP contribution < -0.4 is 4.90 Å². The zero-order valence-electron chi connectivity index (χ0n) is 7.86. The van der Waals surface area contributed by atoms with E-state index in [9.17, 15) is 8.78 Å². The fourth-order valence-electron chi connectivity index (χ4n) is 1.79. The van der Waals surface area contributed by atoms with Gasteiger partial charge in [-0.2, -0.15) is 0 Å². The van der Waals surface area contributed by atoms with E-state index >= 15 is 0 Å². The second kappa shape index (κ2) is 4.37. The molecule has 1 nitrogen and oxygen atoms in total. The second-order valence-corrected chi connectivity index (χ2v) is 5.16. The standard InChI is InChI=1S/C10H9Br2F2N/c11-6-5-7(13)9(14)8(12)10(6)15-3-1-2-4-15/h5H,1-4H2. The number of halogens is 4. The minimum absolute atomic E-state index is 0.205. The normalized spacial score (nSPS) is 16.1. The van der Waals surface area contributed by atoms with E-state index in [1.807, 2.05) is 0 Å². The Morgan fingerprint density at radius 3 is 2.33 bits per heavy atom. The zero-order chi connectivity index (χ0) is 11.0. The first kappa shape index (κ1) is 11.3. The molecule has 0 aliphatic carbocycles. The van der Waals surface area contributed by atoms with Gasteiger partial charge in [-0.1, -0.05) is 0 Å².